The van der Waals surface area contributed by atoms with E-state index in [-0.39, 0.29) is 24.0 Å². The van der Waals surface area contributed by atoms with Crippen molar-refractivity contribution >= 4 is 41.5 Å². The maximum absolute atomic E-state index is 6.25. The fourth-order valence-electron chi connectivity index (χ4n) is 2.39. The second kappa shape index (κ2) is 10.8. The maximum Gasteiger partial charge on any atom is 0.191 e. The number of ether oxygens (including phenoxy) is 1. The number of hydrogen-bond donors (Lipinski definition) is 2. The van der Waals surface area contributed by atoms with Gasteiger partial charge in [0.05, 0.1) is 7.11 Å². The smallest absolute Gasteiger partial charge is 0.191 e. The molecule has 0 fully saturated rings. The first-order chi connectivity index (χ1) is 10.7. The molecule has 0 amide bonds. The van der Waals surface area contributed by atoms with Crippen LogP contribution in [0.1, 0.15) is 25.3 Å². The molecule has 1 aromatic rings. The van der Waals surface area contributed by atoms with Crippen LogP contribution in [0.3, 0.4) is 0 Å². The van der Waals surface area contributed by atoms with E-state index in [0.717, 1.165) is 48.1 Å². The highest BCUT2D eigenvalue weighted by Gasteiger charge is 2.11. The topological polar surface area (TPSA) is 45.7 Å². The number of halogens is 2. The molecule has 2 N–H and O–H groups in total. The van der Waals surface area contributed by atoms with Crippen molar-refractivity contribution in [1.29, 1.82) is 0 Å². The highest BCUT2D eigenvalue weighted by Crippen LogP contribution is 2.22. The van der Waals surface area contributed by atoms with Gasteiger partial charge in [-0.2, -0.15) is 0 Å². The first kappa shape index (κ1) is 20.1. The number of methoxy groups -OCH3 is 1. The molecule has 128 valence electrons. The summed E-state index contributed by atoms with van der Waals surface area (Å²) in [5, 5.41) is 7.48. The summed E-state index contributed by atoms with van der Waals surface area (Å²) in [5.41, 5.74) is 1.09. The Morgan fingerprint density at radius 2 is 2.09 bits per heavy atom. The molecule has 0 aliphatic heterocycles. The first-order valence-electron chi connectivity index (χ1n) is 7.75. The van der Waals surface area contributed by atoms with Crippen molar-refractivity contribution in [3.05, 3.63) is 40.9 Å². The highest BCUT2D eigenvalue weighted by molar-refractivity contribution is 14.0. The zero-order chi connectivity index (χ0) is 15.8. The normalized spacial score (nSPS) is 14.5. The Hall–Kier alpha value is -0.950. The Morgan fingerprint density at radius 1 is 1.35 bits per heavy atom. The quantitative estimate of drug-likeness (QED) is 0.301. The third-order valence-electron chi connectivity index (χ3n) is 3.60. The number of hydrogen-bond acceptors (Lipinski definition) is 2. The van der Waals surface area contributed by atoms with E-state index in [2.05, 4.69) is 34.7 Å². The van der Waals surface area contributed by atoms with Gasteiger partial charge in [0.1, 0.15) is 5.75 Å². The van der Waals surface area contributed by atoms with E-state index < -0.39 is 0 Å². The van der Waals surface area contributed by atoms with Gasteiger partial charge in [0.2, 0.25) is 0 Å². The molecule has 0 bridgehead atoms. The van der Waals surface area contributed by atoms with Crippen LogP contribution in [-0.2, 0) is 6.42 Å². The van der Waals surface area contributed by atoms with Crippen molar-refractivity contribution in [1.82, 2.24) is 10.6 Å². The van der Waals surface area contributed by atoms with Crippen molar-refractivity contribution in [2.75, 3.05) is 20.2 Å². The Balaban J connectivity index is 0.00000264. The summed E-state index contributed by atoms with van der Waals surface area (Å²) >= 11 is 6.25. The SMILES string of the molecule is CCNC(=NCCc1ccc(OC)cc1Cl)NC1CC=CC1.I. The van der Waals surface area contributed by atoms with Crippen LogP contribution in [0, 0.1) is 0 Å². The summed E-state index contributed by atoms with van der Waals surface area (Å²) in [6.45, 7) is 3.63. The minimum absolute atomic E-state index is 0. The molecular weight excluding hydrogens is 425 g/mol. The zero-order valence-electron chi connectivity index (χ0n) is 13.6. The van der Waals surface area contributed by atoms with Gasteiger partial charge < -0.3 is 15.4 Å². The van der Waals surface area contributed by atoms with Crippen molar-refractivity contribution in [2.24, 2.45) is 4.99 Å². The molecule has 1 aliphatic carbocycles. The minimum atomic E-state index is 0. The van der Waals surface area contributed by atoms with E-state index >= 15 is 0 Å². The molecule has 1 aromatic carbocycles. The van der Waals surface area contributed by atoms with Crippen molar-refractivity contribution < 1.29 is 4.74 Å². The van der Waals surface area contributed by atoms with Gasteiger partial charge in [0.25, 0.3) is 0 Å². The Morgan fingerprint density at radius 3 is 2.70 bits per heavy atom. The molecule has 0 saturated carbocycles. The molecule has 1 aliphatic rings. The lowest BCUT2D eigenvalue weighted by molar-refractivity contribution is 0.414. The van der Waals surface area contributed by atoms with Crippen molar-refractivity contribution in [2.45, 2.75) is 32.2 Å². The van der Waals surface area contributed by atoms with Gasteiger partial charge >= 0.3 is 0 Å². The Kier molecular flexibility index (Phi) is 9.40. The molecule has 0 spiro atoms. The molecule has 0 saturated heterocycles. The number of rotatable bonds is 6. The average molecular weight is 450 g/mol. The van der Waals surface area contributed by atoms with Crippen LogP contribution >= 0.6 is 35.6 Å². The third kappa shape index (κ3) is 6.59. The number of guanidine groups is 1. The summed E-state index contributed by atoms with van der Waals surface area (Å²) in [4.78, 5) is 4.63. The molecular formula is C17H25ClIN3O. The van der Waals surface area contributed by atoms with Gasteiger partial charge in [-0.3, -0.25) is 4.99 Å². The van der Waals surface area contributed by atoms with E-state index in [1.807, 2.05) is 18.2 Å². The number of nitrogens with zero attached hydrogens (tertiary/aromatic N) is 1. The molecule has 23 heavy (non-hydrogen) atoms. The van der Waals surface area contributed by atoms with Gasteiger partial charge in [0, 0.05) is 24.2 Å². The Labute approximate surface area is 160 Å². The second-order valence-corrected chi connectivity index (χ2v) is 5.66. The first-order valence-corrected chi connectivity index (χ1v) is 8.13. The van der Waals surface area contributed by atoms with E-state index in [1.54, 1.807) is 7.11 Å². The summed E-state index contributed by atoms with van der Waals surface area (Å²) in [5.74, 6) is 1.65. The Bertz CT molecular complexity index is 541. The molecule has 0 atom stereocenters. The van der Waals surface area contributed by atoms with E-state index in [1.165, 1.54) is 0 Å². The predicted molar refractivity (Wildman–Crippen MR) is 108 cm³/mol. The van der Waals surface area contributed by atoms with Crippen LogP contribution in [0.15, 0.2) is 35.3 Å². The number of benzene rings is 1. The third-order valence-corrected chi connectivity index (χ3v) is 3.96. The van der Waals surface area contributed by atoms with Crippen LogP contribution in [0.2, 0.25) is 5.02 Å². The molecule has 0 aromatic heterocycles. The zero-order valence-corrected chi connectivity index (χ0v) is 16.7. The van der Waals surface area contributed by atoms with Gasteiger partial charge in [-0.1, -0.05) is 29.8 Å². The van der Waals surface area contributed by atoms with Crippen LogP contribution in [0.4, 0.5) is 0 Å². The second-order valence-electron chi connectivity index (χ2n) is 5.25. The molecule has 6 heteroatoms. The maximum atomic E-state index is 6.25. The minimum Gasteiger partial charge on any atom is -0.497 e. The largest absolute Gasteiger partial charge is 0.497 e. The lowest BCUT2D eigenvalue weighted by Crippen LogP contribution is -2.42. The average Bonchev–Trinajstić information content (AvgIpc) is 3.02. The van der Waals surface area contributed by atoms with Gasteiger partial charge in [-0.25, -0.2) is 0 Å². The lowest BCUT2D eigenvalue weighted by Gasteiger charge is -2.16. The molecule has 2 rings (SSSR count). The van der Waals surface area contributed by atoms with E-state index in [0.29, 0.717) is 12.6 Å². The van der Waals surface area contributed by atoms with Gasteiger partial charge in [0.15, 0.2) is 5.96 Å². The van der Waals surface area contributed by atoms with Crippen LogP contribution in [0.25, 0.3) is 0 Å². The van der Waals surface area contributed by atoms with Gasteiger partial charge in [-0.15, -0.1) is 24.0 Å². The fourth-order valence-corrected chi connectivity index (χ4v) is 2.66. The molecule has 0 unspecified atom stereocenters. The fraction of sp³-hybridized carbons (Fsp3) is 0.471. The van der Waals surface area contributed by atoms with Crippen molar-refractivity contribution in [3.8, 4) is 5.75 Å². The van der Waals surface area contributed by atoms with E-state index in [4.69, 9.17) is 16.3 Å². The highest BCUT2D eigenvalue weighted by atomic mass is 127. The van der Waals surface area contributed by atoms with E-state index in [9.17, 15) is 0 Å². The summed E-state index contributed by atoms with van der Waals surface area (Å²) < 4.78 is 5.16. The van der Waals surface area contributed by atoms with Crippen molar-refractivity contribution in [3.63, 3.8) is 0 Å². The standard InChI is InChI=1S/C17H24ClN3O.HI/c1-3-19-17(21-14-6-4-5-7-14)20-11-10-13-8-9-15(22-2)12-16(13)18;/h4-5,8-9,12,14H,3,6-7,10-11H2,1-2H3,(H2,19,20,21);1H. The summed E-state index contributed by atoms with van der Waals surface area (Å²) in [6.07, 6.45) is 7.35. The molecule has 0 radical (unpaired) electrons. The van der Waals surface area contributed by atoms with Gasteiger partial charge in [-0.05, 0) is 43.9 Å². The number of aliphatic imine (C=N–C) groups is 1. The lowest BCUT2D eigenvalue weighted by atomic mass is 10.1. The van der Waals surface area contributed by atoms with Crippen LogP contribution in [-0.4, -0.2) is 32.2 Å². The molecule has 0 heterocycles. The van der Waals surface area contributed by atoms with Crippen LogP contribution in [0.5, 0.6) is 5.75 Å². The summed E-state index contributed by atoms with van der Waals surface area (Å²) in [7, 11) is 1.64. The monoisotopic (exact) mass is 449 g/mol. The number of nitrogens with one attached hydrogen (secondary N) is 2. The predicted octanol–water partition coefficient (Wildman–Crippen LogP) is 3.78. The van der Waals surface area contributed by atoms with Crippen LogP contribution < -0.4 is 15.4 Å². The summed E-state index contributed by atoms with van der Waals surface area (Å²) in [6, 6.07) is 6.23. The molecule has 4 nitrogen and oxygen atoms in total.